The third kappa shape index (κ3) is 5.79. The largest absolute Gasteiger partial charge is 0.493 e. The third-order valence-corrected chi connectivity index (χ3v) is 6.08. The number of aromatic nitrogens is 1. The molecule has 1 aromatic heterocycles. The van der Waals surface area contributed by atoms with E-state index in [2.05, 4.69) is 21.2 Å². The number of methoxy groups -OCH3 is 2. The lowest BCUT2D eigenvalue weighted by Gasteiger charge is -2.13. The Morgan fingerprint density at radius 1 is 0.861 bits per heavy atom. The van der Waals surface area contributed by atoms with Gasteiger partial charge in [0.15, 0.2) is 11.5 Å². The molecule has 1 heterocycles. The van der Waals surface area contributed by atoms with E-state index in [1.54, 1.807) is 62.9 Å². The first-order valence-electron chi connectivity index (χ1n) is 10.8. The second kappa shape index (κ2) is 11.2. The highest BCUT2D eigenvalue weighted by molar-refractivity contribution is 6.42. The van der Waals surface area contributed by atoms with Crippen LogP contribution in [-0.4, -0.2) is 31.0 Å². The molecule has 0 bridgehead atoms. The first-order valence-corrected chi connectivity index (χ1v) is 11.5. The van der Waals surface area contributed by atoms with Gasteiger partial charge in [0, 0.05) is 34.6 Å². The van der Waals surface area contributed by atoms with Crippen molar-refractivity contribution >= 4 is 57.3 Å². The van der Waals surface area contributed by atoms with Crippen LogP contribution in [0.2, 0.25) is 10.0 Å². The molecule has 8 nitrogen and oxygen atoms in total. The van der Waals surface area contributed by atoms with Crippen LogP contribution < -0.4 is 25.6 Å². The molecule has 10 heteroatoms. The van der Waals surface area contributed by atoms with Crippen molar-refractivity contribution in [3.05, 3.63) is 88.0 Å². The van der Waals surface area contributed by atoms with Crippen molar-refractivity contribution in [2.75, 3.05) is 19.5 Å². The number of benzene rings is 3. The minimum Gasteiger partial charge on any atom is -0.493 e. The maximum atomic E-state index is 12.5. The summed E-state index contributed by atoms with van der Waals surface area (Å²) >= 11 is 11.9. The van der Waals surface area contributed by atoms with Crippen LogP contribution in [0.4, 0.5) is 11.4 Å². The fraction of sp³-hybridized carbons (Fsp3) is 0.115. The molecule has 0 saturated carbocycles. The van der Waals surface area contributed by atoms with E-state index in [9.17, 15) is 9.59 Å². The van der Waals surface area contributed by atoms with Gasteiger partial charge in [-0.25, -0.2) is 0 Å². The van der Waals surface area contributed by atoms with Gasteiger partial charge in [0.05, 0.1) is 36.2 Å². The summed E-state index contributed by atoms with van der Waals surface area (Å²) in [5.74, 6) is 0.343. The summed E-state index contributed by atoms with van der Waals surface area (Å²) in [5.41, 5.74) is 8.17. The van der Waals surface area contributed by atoms with Gasteiger partial charge in [-0.15, -0.1) is 0 Å². The van der Waals surface area contributed by atoms with Crippen LogP contribution in [-0.2, 0) is 11.2 Å². The number of amides is 2. The second-order valence-corrected chi connectivity index (χ2v) is 8.53. The van der Waals surface area contributed by atoms with Crippen molar-refractivity contribution < 1.29 is 19.1 Å². The number of nitrogens with one attached hydrogen (secondary N) is 3. The SMILES string of the molecule is COc1cc2nccc(Nc3ccc(C(=O)NNC(=O)Cc4ccc(Cl)c(Cl)c4)cc3)c2cc1OC. The number of halogens is 2. The predicted octanol–water partition coefficient (Wildman–Crippen LogP) is 5.31. The van der Waals surface area contributed by atoms with Crippen molar-refractivity contribution in [3.63, 3.8) is 0 Å². The van der Waals surface area contributed by atoms with Crippen LogP contribution in [0.1, 0.15) is 15.9 Å². The number of carbonyl (C=O) groups excluding carboxylic acids is 2. The Kier molecular flexibility index (Phi) is 7.77. The van der Waals surface area contributed by atoms with Crippen molar-refractivity contribution in [2.24, 2.45) is 0 Å². The minimum atomic E-state index is -0.449. The van der Waals surface area contributed by atoms with Crippen molar-refractivity contribution in [1.82, 2.24) is 15.8 Å². The molecule has 0 atom stereocenters. The summed E-state index contributed by atoms with van der Waals surface area (Å²) < 4.78 is 10.8. The first kappa shape index (κ1) is 25.1. The summed E-state index contributed by atoms with van der Waals surface area (Å²) in [6.45, 7) is 0. The lowest BCUT2D eigenvalue weighted by Crippen LogP contribution is -2.42. The van der Waals surface area contributed by atoms with Crippen molar-refractivity contribution in [1.29, 1.82) is 0 Å². The Morgan fingerprint density at radius 2 is 1.58 bits per heavy atom. The number of hydrogen-bond acceptors (Lipinski definition) is 6. The van der Waals surface area contributed by atoms with Gasteiger partial charge in [-0.05, 0) is 54.1 Å². The number of fused-ring (bicyclic) bond motifs is 1. The normalized spacial score (nSPS) is 10.6. The maximum Gasteiger partial charge on any atom is 0.269 e. The van der Waals surface area contributed by atoms with Crippen LogP contribution in [0, 0.1) is 0 Å². The molecular weight excluding hydrogens is 503 g/mol. The van der Waals surface area contributed by atoms with Gasteiger partial charge >= 0.3 is 0 Å². The Balaban J connectivity index is 1.39. The molecule has 0 spiro atoms. The summed E-state index contributed by atoms with van der Waals surface area (Å²) in [6, 6.07) is 17.2. The molecule has 0 aliphatic heterocycles. The average Bonchev–Trinajstić information content (AvgIpc) is 2.89. The number of hydrogen-bond donors (Lipinski definition) is 3. The molecule has 0 saturated heterocycles. The van der Waals surface area contributed by atoms with Gasteiger partial charge < -0.3 is 14.8 Å². The third-order valence-electron chi connectivity index (χ3n) is 5.34. The van der Waals surface area contributed by atoms with Crippen molar-refractivity contribution in [2.45, 2.75) is 6.42 Å². The number of anilines is 2. The van der Waals surface area contributed by atoms with E-state index in [1.165, 1.54) is 0 Å². The highest BCUT2D eigenvalue weighted by Crippen LogP contribution is 2.35. The van der Waals surface area contributed by atoms with Gasteiger partial charge in [-0.1, -0.05) is 29.3 Å². The van der Waals surface area contributed by atoms with E-state index in [0.717, 1.165) is 22.3 Å². The van der Waals surface area contributed by atoms with E-state index < -0.39 is 11.8 Å². The molecule has 0 unspecified atom stereocenters. The lowest BCUT2D eigenvalue weighted by molar-refractivity contribution is -0.121. The monoisotopic (exact) mass is 524 g/mol. The van der Waals surface area contributed by atoms with E-state index in [1.807, 2.05) is 18.2 Å². The molecule has 3 aromatic carbocycles. The van der Waals surface area contributed by atoms with Crippen LogP contribution in [0.3, 0.4) is 0 Å². The standard InChI is InChI=1S/C26H22Cl2N4O4/c1-35-23-13-18-21(9-10-29-22(18)14-24(23)36-2)30-17-6-4-16(5-7-17)26(34)32-31-25(33)12-15-3-8-19(27)20(28)11-15/h3-11,13-14H,12H2,1-2H3,(H,29,30)(H,31,33)(H,32,34). The molecule has 0 aliphatic rings. The second-order valence-electron chi connectivity index (χ2n) is 7.71. The van der Waals surface area contributed by atoms with Crippen LogP contribution in [0.15, 0.2) is 66.9 Å². The van der Waals surface area contributed by atoms with Crippen LogP contribution in [0.5, 0.6) is 11.5 Å². The van der Waals surface area contributed by atoms with E-state index in [4.69, 9.17) is 32.7 Å². The molecule has 0 aliphatic carbocycles. The summed E-state index contributed by atoms with van der Waals surface area (Å²) in [7, 11) is 3.15. The Morgan fingerprint density at radius 3 is 2.28 bits per heavy atom. The van der Waals surface area contributed by atoms with E-state index >= 15 is 0 Å². The van der Waals surface area contributed by atoms with Crippen LogP contribution in [0.25, 0.3) is 10.9 Å². The van der Waals surface area contributed by atoms with E-state index in [0.29, 0.717) is 32.7 Å². The number of carbonyl (C=O) groups is 2. The lowest BCUT2D eigenvalue weighted by atomic mass is 10.1. The first-order chi connectivity index (χ1) is 17.4. The fourth-order valence-corrected chi connectivity index (χ4v) is 3.84. The maximum absolute atomic E-state index is 12.5. The topological polar surface area (TPSA) is 102 Å². The van der Waals surface area contributed by atoms with E-state index in [-0.39, 0.29) is 6.42 Å². The highest BCUT2D eigenvalue weighted by Gasteiger charge is 2.12. The molecule has 36 heavy (non-hydrogen) atoms. The fourth-order valence-electron chi connectivity index (χ4n) is 3.52. The highest BCUT2D eigenvalue weighted by atomic mass is 35.5. The van der Waals surface area contributed by atoms with Gasteiger partial charge in [0.2, 0.25) is 5.91 Å². The quantitative estimate of drug-likeness (QED) is 0.283. The molecule has 3 N–H and O–H groups in total. The average molecular weight is 525 g/mol. The smallest absolute Gasteiger partial charge is 0.269 e. The molecular formula is C26H22Cl2N4O4. The van der Waals surface area contributed by atoms with Crippen molar-refractivity contribution in [3.8, 4) is 11.5 Å². The zero-order chi connectivity index (χ0) is 25.7. The molecule has 2 amide bonds. The molecule has 0 radical (unpaired) electrons. The number of hydrazine groups is 1. The van der Waals surface area contributed by atoms with Crippen LogP contribution >= 0.6 is 23.2 Å². The molecule has 4 rings (SSSR count). The van der Waals surface area contributed by atoms with Gasteiger partial charge in [0.1, 0.15) is 0 Å². The Labute approximate surface area is 217 Å². The Hall–Kier alpha value is -4.01. The number of rotatable bonds is 7. The zero-order valence-corrected chi connectivity index (χ0v) is 20.9. The van der Waals surface area contributed by atoms with Gasteiger partial charge in [-0.3, -0.25) is 25.4 Å². The van der Waals surface area contributed by atoms with Gasteiger partial charge in [0.25, 0.3) is 5.91 Å². The summed E-state index contributed by atoms with van der Waals surface area (Å²) in [6.07, 6.45) is 1.73. The predicted molar refractivity (Wildman–Crippen MR) is 140 cm³/mol. The summed E-state index contributed by atoms with van der Waals surface area (Å²) in [5, 5.41) is 4.94. The number of pyridine rings is 1. The molecule has 4 aromatic rings. The number of nitrogens with zero attached hydrogens (tertiary/aromatic N) is 1. The Bertz CT molecular complexity index is 1430. The zero-order valence-electron chi connectivity index (χ0n) is 19.4. The summed E-state index contributed by atoms with van der Waals surface area (Å²) in [4.78, 5) is 29.0. The van der Waals surface area contributed by atoms with Gasteiger partial charge in [-0.2, -0.15) is 0 Å². The number of ether oxygens (including phenoxy) is 2. The molecule has 0 fully saturated rings. The minimum absolute atomic E-state index is 0.0383. The molecule has 184 valence electrons.